The molecule has 8 heteroatoms. The number of hydrogen-bond donors (Lipinski definition) is 1. The van der Waals surface area contributed by atoms with Crippen LogP contribution in [0.15, 0.2) is 24.3 Å². The van der Waals surface area contributed by atoms with Gasteiger partial charge in [0.25, 0.3) is 0 Å². The van der Waals surface area contributed by atoms with Crippen LogP contribution in [0.5, 0.6) is 0 Å². The van der Waals surface area contributed by atoms with Crippen LogP contribution in [0.2, 0.25) is 5.02 Å². The van der Waals surface area contributed by atoms with Crippen molar-refractivity contribution < 1.29 is 17.9 Å². The quantitative estimate of drug-likeness (QED) is 0.817. The Labute approximate surface area is 160 Å². The molecule has 0 bridgehead atoms. The van der Waals surface area contributed by atoms with Gasteiger partial charge in [-0.15, -0.1) is 0 Å². The number of hydrogen-bond acceptors (Lipinski definition) is 4. The summed E-state index contributed by atoms with van der Waals surface area (Å²) >= 11 is 6.11. The van der Waals surface area contributed by atoms with Crippen LogP contribution in [0, 0.1) is 0 Å². The second-order valence-electron chi connectivity index (χ2n) is 7.49. The van der Waals surface area contributed by atoms with Crippen molar-refractivity contribution in [3.05, 3.63) is 34.9 Å². The van der Waals surface area contributed by atoms with Crippen LogP contribution in [0.25, 0.3) is 0 Å². The molecule has 6 nitrogen and oxygen atoms in total. The molecule has 1 aromatic carbocycles. The third-order valence-corrected chi connectivity index (χ3v) is 6.35. The molecule has 0 radical (unpaired) electrons. The fourth-order valence-corrected chi connectivity index (χ4v) is 5.09. The molecule has 1 aliphatic rings. The molecule has 1 heterocycles. The summed E-state index contributed by atoms with van der Waals surface area (Å²) in [5.41, 5.74) is -0.00877. The molecular weight excluding hydrogens is 376 g/mol. The Morgan fingerprint density at radius 2 is 2.00 bits per heavy atom. The summed E-state index contributed by atoms with van der Waals surface area (Å²) < 4.78 is 32.6. The van der Waals surface area contributed by atoms with E-state index in [-0.39, 0.29) is 18.3 Å². The molecule has 1 N–H and O–H groups in total. The van der Waals surface area contributed by atoms with Gasteiger partial charge in [0.2, 0.25) is 10.0 Å². The number of amides is 1. The van der Waals surface area contributed by atoms with Crippen molar-refractivity contribution in [3.63, 3.8) is 0 Å². The van der Waals surface area contributed by atoms with Crippen LogP contribution >= 0.6 is 11.6 Å². The van der Waals surface area contributed by atoms with E-state index in [2.05, 4.69) is 5.32 Å². The minimum absolute atomic E-state index is 0.143. The summed E-state index contributed by atoms with van der Waals surface area (Å²) in [6.07, 6.45) is 1.91. The highest BCUT2D eigenvalue weighted by molar-refractivity contribution is 7.88. The maximum atomic E-state index is 12.9. The molecule has 1 aliphatic heterocycles. The molecule has 1 amide bonds. The van der Waals surface area contributed by atoms with Gasteiger partial charge in [0.05, 0.1) is 5.75 Å². The van der Waals surface area contributed by atoms with Crippen LogP contribution < -0.4 is 5.32 Å². The molecule has 0 aromatic heterocycles. The Bertz CT molecular complexity index is 731. The number of rotatable bonds is 5. The number of carbonyl (C=O) groups is 1. The van der Waals surface area contributed by atoms with E-state index in [1.165, 1.54) is 4.31 Å². The SMILES string of the molecule is CC(C)(C)OC(=O)NC[C@@H]1CCCCN1S(=O)(=O)Cc1ccccc1Cl. The van der Waals surface area contributed by atoms with Crippen LogP contribution in [0.4, 0.5) is 4.79 Å². The second-order valence-corrected chi connectivity index (χ2v) is 9.82. The third-order valence-electron chi connectivity index (χ3n) is 4.11. The standard InChI is InChI=1S/C18H27ClN2O4S/c1-18(2,3)25-17(22)20-12-15-9-6-7-11-21(15)26(23,24)13-14-8-4-5-10-16(14)19/h4-5,8,10,15H,6-7,9,11-13H2,1-3H3,(H,20,22)/t15-/m0/s1. The van der Waals surface area contributed by atoms with Gasteiger partial charge >= 0.3 is 6.09 Å². The molecule has 1 saturated heterocycles. The lowest BCUT2D eigenvalue weighted by Crippen LogP contribution is -2.50. The second kappa shape index (κ2) is 8.59. The van der Waals surface area contributed by atoms with Gasteiger partial charge in [0.15, 0.2) is 0 Å². The van der Waals surface area contributed by atoms with Crippen molar-refractivity contribution >= 4 is 27.7 Å². The van der Waals surface area contributed by atoms with Crippen molar-refractivity contribution in [2.24, 2.45) is 0 Å². The van der Waals surface area contributed by atoms with Crippen molar-refractivity contribution in [2.75, 3.05) is 13.1 Å². The Kier molecular flexibility index (Phi) is 6.93. The van der Waals surface area contributed by atoms with Crippen LogP contribution in [-0.2, 0) is 20.5 Å². The van der Waals surface area contributed by atoms with Gasteiger partial charge in [0.1, 0.15) is 5.60 Å². The summed E-state index contributed by atoms with van der Waals surface area (Å²) in [5.74, 6) is -0.143. The first kappa shape index (κ1) is 21.0. The Hall–Kier alpha value is -1.31. The van der Waals surface area contributed by atoms with E-state index in [0.29, 0.717) is 23.6 Å². The summed E-state index contributed by atoms with van der Waals surface area (Å²) in [6.45, 7) is 6.04. The van der Waals surface area contributed by atoms with E-state index in [0.717, 1.165) is 12.8 Å². The molecule has 0 aliphatic carbocycles. The molecule has 1 atom stereocenters. The molecule has 0 unspecified atom stereocenters. The number of nitrogens with zero attached hydrogens (tertiary/aromatic N) is 1. The largest absolute Gasteiger partial charge is 0.444 e. The Morgan fingerprint density at radius 3 is 2.65 bits per heavy atom. The Balaban J connectivity index is 2.05. The molecular formula is C18H27ClN2O4S. The normalized spacial score (nSPS) is 19.2. The number of carbonyl (C=O) groups excluding carboxylic acids is 1. The molecule has 1 aromatic rings. The van der Waals surface area contributed by atoms with Crippen LogP contribution in [0.3, 0.4) is 0 Å². The predicted molar refractivity (Wildman–Crippen MR) is 103 cm³/mol. The molecule has 0 spiro atoms. The first-order valence-electron chi connectivity index (χ1n) is 8.78. The van der Waals surface area contributed by atoms with Crippen LogP contribution in [-0.4, -0.2) is 43.5 Å². The topological polar surface area (TPSA) is 75.7 Å². The van der Waals surface area contributed by atoms with Gasteiger partial charge in [-0.3, -0.25) is 0 Å². The highest BCUT2D eigenvalue weighted by Gasteiger charge is 2.33. The number of ether oxygens (including phenoxy) is 1. The van der Waals surface area contributed by atoms with E-state index < -0.39 is 21.7 Å². The average Bonchev–Trinajstić information content (AvgIpc) is 2.54. The van der Waals surface area contributed by atoms with Crippen molar-refractivity contribution in [1.82, 2.24) is 9.62 Å². The highest BCUT2D eigenvalue weighted by atomic mass is 35.5. The van der Waals surface area contributed by atoms with E-state index in [9.17, 15) is 13.2 Å². The average molecular weight is 403 g/mol. The zero-order valence-corrected chi connectivity index (χ0v) is 17.1. The number of halogens is 1. The Morgan fingerprint density at radius 1 is 1.31 bits per heavy atom. The maximum Gasteiger partial charge on any atom is 0.407 e. The first-order valence-corrected chi connectivity index (χ1v) is 10.8. The third kappa shape index (κ3) is 6.14. The molecule has 26 heavy (non-hydrogen) atoms. The van der Waals surface area contributed by atoms with Crippen molar-refractivity contribution in [2.45, 2.75) is 57.4 Å². The van der Waals surface area contributed by atoms with E-state index in [1.54, 1.807) is 45.0 Å². The lowest BCUT2D eigenvalue weighted by Gasteiger charge is -2.35. The van der Waals surface area contributed by atoms with Gasteiger partial charge in [0, 0.05) is 24.2 Å². The summed E-state index contributed by atoms with van der Waals surface area (Å²) in [7, 11) is -3.53. The van der Waals surface area contributed by atoms with E-state index in [1.807, 2.05) is 0 Å². The summed E-state index contributed by atoms with van der Waals surface area (Å²) in [5, 5.41) is 3.13. The van der Waals surface area contributed by atoms with Crippen molar-refractivity contribution in [1.29, 1.82) is 0 Å². The monoisotopic (exact) mass is 402 g/mol. The van der Waals surface area contributed by atoms with Gasteiger partial charge in [-0.25, -0.2) is 13.2 Å². The van der Waals surface area contributed by atoms with E-state index >= 15 is 0 Å². The van der Waals surface area contributed by atoms with Gasteiger partial charge in [-0.2, -0.15) is 4.31 Å². The predicted octanol–water partition coefficient (Wildman–Crippen LogP) is 3.55. The molecule has 0 saturated carbocycles. The minimum Gasteiger partial charge on any atom is -0.444 e. The highest BCUT2D eigenvalue weighted by Crippen LogP contribution is 2.25. The van der Waals surface area contributed by atoms with Gasteiger partial charge in [-0.1, -0.05) is 36.2 Å². The lowest BCUT2D eigenvalue weighted by molar-refractivity contribution is 0.0512. The number of alkyl carbamates (subject to hydrolysis) is 1. The molecule has 146 valence electrons. The molecule has 2 rings (SSSR count). The zero-order valence-electron chi connectivity index (χ0n) is 15.5. The summed E-state index contributed by atoms with van der Waals surface area (Å²) in [6, 6.07) is 6.67. The molecule has 1 fully saturated rings. The van der Waals surface area contributed by atoms with Crippen molar-refractivity contribution in [3.8, 4) is 0 Å². The number of benzene rings is 1. The number of nitrogens with one attached hydrogen (secondary N) is 1. The fraction of sp³-hybridized carbons (Fsp3) is 0.611. The zero-order chi connectivity index (χ0) is 19.4. The van der Waals surface area contributed by atoms with Gasteiger partial charge < -0.3 is 10.1 Å². The smallest absolute Gasteiger partial charge is 0.407 e. The van der Waals surface area contributed by atoms with Crippen LogP contribution in [0.1, 0.15) is 45.6 Å². The minimum atomic E-state index is -3.53. The maximum absolute atomic E-state index is 12.9. The first-order chi connectivity index (χ1) is 12.1. The number of piperidine rings is 1. The summed E-state index contributed by atoms with van der Waals surface area (Å²) in [4.78, 5) is 11.9. The van der Waals surface area contributed by atoms with Gasteiger partial charge in [-0.05, 0) is 45.2 Å². The fourth-order valence-electron chi connectivity index (χ4n) is 2.95. The lowest BCUT2D eigenvalue weighted by atomic mass is 10.1. The van der Waals surface area contributed by atoms with E-state index in [4.69, 9.17) is 16.3 Å². The number of sulfonamides is 1.